The van der Waals surface area contributed by atoms with Gasteiger partial charge in [0.25, 0.3) is 0 Å². The zero-order valence-electron chi connectivity index (χ0n) is 13.6. The zero-order valence-corrected chi connectivity index (χ0v) is 13.6. The number of fused-ring (bicyclic) bond motifs is 1. The molecule has 122 valence electrons. The molecule has 0 radical (unpaired) electrons. The quantitative estimate of drug-likeness (QED) is 0.823. The molecule has 1 amide bonds. The summed E-state index contributed by atoms with van der Waals surface area (Å²) < 4.78 is 0. The molecule has 0 aromatic heterocycles. The van der Waals surface area contributed by atoms with Gasteiger partial charge in [-0.05, 0) is 28.7 Å². The van der Waals surface area contributed by atoms with E-state index < -0.39 is 12.0 Å². The molecule has 0 saturated carbocycles. The van der Waals surface area contributed by atoms with E-state index in [0.29, 0.717) is 12.3 Å². The van der Waals surface area contributed by atoms with Gasteiger partial charge in [-0.1, -0.05) is 56.3 Å². The molecule has 0 spiro atoms. The summed E-state index contributed by atoms with van der Waals surface area (Å²) in [5.41, 5.74) is 0.930. The maximum atomic E-state index is 11.9. The largest absolute Gasteiger partial charge is 0.480 e. The van der Waals surface area contributed by atoms with Gasteiger partial charge in [-0.3, -0.25) is 4.79 Å². The van der Waals surface area contributed by atoms with Gasteiger partial charge in [0, 0.05) is 12.8 Å². The number of hydrogen-bond donors (Lipinski definition) is 2. The molecule has 0 bridgehead atoms. The van der Waals surface area contributed by atoms with Gasteiger partial charge in [0.15, 0.2) is 0 Å². The van der Waals surface area contributed by atoms with Crippen molar-refractivity contribution in [3.05, 3.63) is 48.0 Å². The molecule has 4 heteroatoms. The van der Waals surface area contributed by atoms with Crippen molar-refractivity contribution in [2.45, 2.75) is 39.2 Å². The van der Waals surface area contributed by atoms with E-state index in [1.54, 1.807) is 0 Å². The summed E-state index contributed by atoms with van der Waals surface area (Å²) in [6.45, 7) is 4.08. The van der Waals surface area contributed by atoms with Crippen molar-refractivity contribution >= 4 is 22.6 Å². The fraction of sp³-hybridized carbons (Fsp3) is 0.368. The minimum Gasteiger partial charge on any atom is -0.480 e. The molecule has 1 atom stereocenters. The fourth-order valence-electron chi connectivity index (χ4n) is 2.58. The average molecular weight is 313 g/mol. The van der Waals surface area contributed by atoms with Gasteiger partial charge in [0.05, 0.1) is 0 Å². The van der Waals surface area contributed by atoms with Crippen LogP contribution in [0.15, 0.2) is 42.5 Å². The number of carboxylic acid groups (broad SMARTS) is 1. The predicted molar refractivity (Wildman–Crippen MR) is 91.3 cm³/mol. The minimum atomic E-state index is -1.00. The standard InChI is InChI=1S/C19H23NO3/c1-13(2)10-11-18(21)20-17(19(22)23)12-15-8-5-7-14-6-3-4-9-16(14)15/h3-9,13,17H,10-12H2,1-2H3,(H,20,21)(H,22,23)/t17-/m0/s1. The molecular weight excluding hydrogens is 290 g/mol. The molecule has 0 saturated heterocycles. The van der Waals surface area contributed by atoms with Crippen LogP contribution in [0.3, 0.4) is 0 Å². The summed E-state index contributed by atoms with van der Waals surface area (Å²) in [6, 6.07) is 12.8. The Bertz CT molecular complexity index is 689. The van der Waals surface area contributed by atoms with Crippen molar-refractivity contribution in [3.63, 3.8) is 0 Å². The van der Waals surface area contributed by atoms with Crippen LogP contribution >= 0.6 is 0 Å². The molecule has 2 aromatic rings. The summed E-state index contributed by atoms with van der Waals surface area (Å²) >= 11 is 0. The monoisotopic (exact) mass is 313 g/mol. The molecule has 0 unspecified atom stereocenters. The van der Waals surface area contributed by atoms with Crippen molar-refractivity contribution in [1.29, 1.82) is 0 Å². The zero-order chi connectivity index (χ0) is 16.8. The highest BCUT2D eigenvalue weighted by Gasteiger charge is 2.21. The summed E-state index contributed by atoms with van der Waals surface area (Å²) in [6.07, 6.45) is 1.40. The summed E-state index contributed by atoms with van der Waals surface area (Å²) in [7, 11) is 0. The molecule has 2 rings (SSSR count). The van der Waals surface area contributed by atoms with Crippen LogP contribution < -0.4 is 5.32 Å². The number of carbonyl (C=O) groups is 2. The first-order valence-electron chi connectivity index (χ1n) is 7.96. The van der Waals surface area contributed by atoms with Crippen molar-refractivity contribution < 1.29 is 14.7 Å². The lowest BCUT2D eigenvalue weighted by molar-refractivity contribution is -0.141. The molecule has 2 N–H and O–H groups in total. The molecule has 0 heterocycles. The van der Waals surface area contributed by atoms with E-state index in [0.717, 1.165) is 22.8 Å². The number of carboxylic acids is 1. The lowest BCUT2D eigenvalue weighted by atomic mass is 9.98. The Morgan fingerprint density at radius 3 is 2.48 bits per heavy atom. The van der Waals surface area contributed by atoms with Crippen LogP contribution in [-0.4, -0.2) is 23.0 Å². The molecule has 4 nitrogen and oxygen atoms in total. The summed E-state index contributed by atoms with van der Waals surface area (Å²) in [5.74, 6) is -0.788. The highest BCUT2D eigenvalue weighted by Crippen LogP contribution is 2.20. The van der Waals surface area contributed by atoms with E-state index in [9.17, 15) is 14.7 Å². The Balaban J connectivity index is 2.12. The smallest absolute Gasteiger partial charge is 0.326 e. The van der Waals surface area contributed by atoms with Crippen LogP contribution in [0.4, 0.5) is 0 Å². The van der Waals surface area contributed by atoms with Crippen molar-refractivity contribution in [2.75, 3.05) is 0 Å². The summed E-state index contributed by atoms with van der Waals surface area (Å²) in [4.78, 5) is 23.4. The van der Waals surface area contributed by atoms with Gasteiger partial charge in [0.2, 0.25) is 5.91 Å². The highest BCUT2D eigenvalue weighted by atomic mass is 16.4. The van der Waals surface area contributed by atoms with Crippen LogP contribution in [0.25, 0.3) is 10.8 Å². The van der Waals surface area contributed by atoms with Crippen molar-refractivity contribution in [3.8, 4) is 0 Å². The fourth-order valence-corrected chi connectivity index (χ4v) is 2.58. The number of hydrogen-bond acceptors (Lipinski definition) is 2. The van der Waals surface area contributed by atoms with E-state index in [1.165, 1.54) is 0 Å². The Kier molecular flexibility index (Phi) is 5.74. The molecular formula is C19H23NO3. The third-order valence-corrected chi connectivity index (χ3v) is 3.89. The van der Waals surface area contributed by atoms with Crippen molar-refractivity contribution in [2.24, 2.45) is 5.92 Å². The van der Waals surface area contributed by atoms with Gasteiger partial charge >= 0.3 is 5.97 Å². The maximum absolute atomic E-state index is 11.9. The van der Waals surface area contributed by atoms with E-state index >= 15 is 0 Å². The third-order valence-electron chi connectivity index (χ3n) is 3.89. The first-order chi connectivity index (χ1) is 11.0. The van der Waals surface area contributed by atoms with Crippen LogP contribution in [0.5, 0.6) is 0 Å². The van der Waals surface area contributed by atoms with Gasteiger partial charge in [-0.15, -0.1) is 0 Å². The highest BCUT2D eigenvalue weighted by molar-refractivity contribution is 5.88. The molecule has 0 fully saturated rings. The molecule has 23 heavy (non-hydrogen) atoms. The van der Waals surface area contributed by atoms with E-state index in [1.807, 2.05) is 56.3 Å². The number of nitrogens with one attached hydrogen (secondary N) is 1. The van der Waals surface area contributed by atoms with Crippen LogP contribution in [0.1, 0.15) is 32.3 Å². The Morgan fingerprint density at radius 2 is 1.78 bits per heavy atom. The topological polar surface area (TPSA) is 66.4 Å². The van der Waals surface area contributed by atoms with Gasteiger partial charge in [-0.25, -0.2) is 4.79 Å². The van der Waals surface area contributed by atoms with Crippen LogP contribution in [0, 0.1) is 5.92 Å². The number of amides is 1. The van der Waals surface area contributed by atoms with Gasteiger partial charge in [0.1, 0.15) is 6.04 Å². The number of carbonyl (C=O) groups excluding carboxylic acids is 1. The van der Waals surface area contributed by atoms with E-state index in [4.69, 9.17) is 0 Å². The molecule has 2 aromatic carbocycles. The Morgan fingerprint density at radius 1 is 1.09 bits per heavy atom. The van der Waals surface area contributed by atoms with Gasteiger partial charge < -0.3 is 10.4 Å². The maximum Gasteiger partial charge on any atom is 0.326 e. The number of aliphatic carboxylic acids is 1. The lowest BCUT2D eigenvalue weighted by Crippen LogP contribution is -2.42. The predicted octanol–water partition coefficient (Wildman–Crippen LogP) is 3.39. The van der Waals surface area contributed by atoms with E-state index in [-0.39, 0.29) is 12.3 Å². The molecule has 0 aliphatic heterocycles. The Labute approximate surface area is 136 Å². The second-order valence-corrected chi connectivity index (χ2v) is 6.23. The second-order valence-electron chi connectivity index (χ2n) is 6.23. The first-order valence-corrected chi connectivity index (χ1v) is 7.96. The third kappa shape index (κ3) is 4.81. The van der Waals surface area contributed by atoms with Crippen molar-refractivity contribution in [1.82, 2.24) is 5.32 Å². The molecule has 0 aliphatic carbocycles. The normalized spacial score (nSPS) is 12.3. The Hall–Kier alpha value is -2.36. The first kappa shape index (κ1) is 17.0. The van der Waals surface area contributed by atoms with E-state index in [2.05, 4.69) is 5.32 Å². The average Bonchev–Trinajstić information content (AvgIpc) is 2.52. The number of rotatable bonds is 7. The summed E-state index contributed by atoms with van der Waals surface area (Å²) in [5, 5.41) is 14.2. The molecule has 0 aliphatic rings. The van der Waals surface area contributed by atoms with Crippen LogP contribution in [0.2, 0.25) is 0 Å². The minimum absolute atomic E-state index is 0.202. The van der Waals surface area contributed by atoms with Gasteiger partial charge in [-0.2, -0.15) is 0 Å². The van der Waals surface area contributed by atoms with Crippen LogP contribution in [-0.2, 0) is 16.0 Å². The number of benzene rings is 2. The second kappa shape index (κ2) is 7.77. The lowest BCUT2D eigenvalue weighted by Gasteiger charge is -2.16. The SMILES string of the molecule is CC(C)CCC(=O)N[C@@H](Cc1cccc2ccccc12)C(=O)O.